The number of para-hydroxylation sites is 5. The second kappa shape index (κ2) is 6.57. The van der Waals surface area contributed by atoms with Gasteiger partial charge in [-0.15, -0.1) is 0 Å². The standard InChI is InChI=1S/C24H15N3O/c25-16-17-8-7-15-26-24(17)18-9-1-2-10-19(18)27-20-11-3-5-13-22(20)28-23-14-6-4-12-21(23)27/h1-15H. The molecule has 3 aromatic carbocycles. The molecule has 1 aliphatic heterocycles. The van der Waals surface area contributed by atoms with Crippen LogP contribution in [0.4, 0.5) is 17.1 Å². The number of aromatic nitrogens is 1. The average Bonchev–Trinajstić information content (AvgIpc) is 2.77. The molecular formula is C24H15N3O. The third-order valence-corrected chi connectivity index (χ3v) is 4.76. The summed E-state index contributed by atoms with van der Waals surface area (Å²) >= 11 is 0. The molecule has 1 aromatic heterocycles. The molecule has 0 N–H and O–H groups in total. The molecule has 0 radical (unpaired) electrons. The number of pyridine rings is 1. The molecule has 4 heteroatoms. The van der Waals surface area contributed by atoms with Crippen LogP contribution in [0.3, 0.4) is 0 Å². The molecule has 0 atom stereocenters. The molecule has 4 aromatic rings. The van der Waals surface area contributed by atoms with E-state index in [9.17, 15) is 5.26 Å². The molecular weight excluding hydrogens is 346 g/mol. The second-order valence-corrected chi connectivity index (χ2v) is 6.40. The first-order chi connectivity index (χ1) is 13.9. The molecule has 132 valence electrons. The van der Waals surface area contributed by atoms with Gasteiger partial charge in [0, 0.05) is 11.8 Å². The fourth-order valence-corrected chi connectivity index (χ4v) is 3.54. The van der Waals surface area contributed by atoms with E-state index in [2.05, 4.69) is 16.0 Å². The third-order valence-electron chi connectivity index (χ3n) is 4.76. The van der Waals surface area contributed by atoms with Crippen LogP contribution in [-0.4, -0.2) is 4.98 Å². The molecule has 28 heavy (non-hydrogen) atoms. The molecule has 0 unspecified atom stereocenters. The van der Waals surface area contributed by atoms with Crippen molar-refractivity contribution in [3.63, 3.8) is 0 Å². The molecule has 0 bridgehead atoms. The van der Waals surface area contributed by atoms with E-state index in [1.165, 1.54) is 0 Å². The monoisotopic (exact) mass is 361 g/mol. The number of fused-ring (bicyclic) bond motifs is 2. The van der Waals surface area contributed by atoms with Crippen LogP contribution in [0, 0.1) is 11.3 Å². The average molecular weight is 361 g/mol. The second-order valence-electron chi connectivity index (χ2n) is 6.40. The van der Waals surface area contributed by atoms with E-state index >= 15 is 0 Å². The van der Waals surface area contributed by atoms with Crippen molar-refractivity contribution in [2.45, 2.75) is 0 Å². The highest BCUT2D eigenvalue weighted by molar-refractivity contribution is 5.92. The highest BCUT2D eigenvalue weighted by Crippen LogP contribution is 2.51. The number of anilines is 3. The van der Waals surface area contributed by atoms with Gasteiger partial charge >= 0.3 is 0 Å². The lowest BCUT2D eigenvalue weighted by Gasteiger charge is -2.33. The van der Waals surface area contributed by atoms with E-state index in [4.69, 9.17) is 4.74 Å². The summed E-state index contributed by atoms with van der Waals surface area (Å²) in [7, 11) is 0. The lowest BCUT2D eigenvalue weighted by molar-refractivity contribution is 0.477. The Morgan fingerprint density at radius 3 is 2.00 bits per heavy atom. The number of hydrogen-bond donors (Lipinski definition) is 0. The molecule has 0 fully saturated rings. The van der Waals surface area contributed by atoms with Gasteiger partial charge in [-0.2, -0.15) is 5.26 Å². The number of nitrogens with zero attached hydrogens (tertiary/aromatic N) is 3. The molecule has 5 rings (SSSR count). The van der Waals surface area contributed by atoms with E-state index < -0.39 is 0 Å². The fraction of sp³-hybridized carbons (Fsp3) is 0. The number of ether oxygens (including phenoxy) is 1. The van der Waals surface area contributed by atoms with E-state index in [1.54, 1.807) is 18.3 Å². The van der Waals surface area contributed by atoms with Gasteiger partial charge in [0.1, 0.15) is 6.07 Å². The predicted molar refractivity (Wildman–Crippen MR) is 109 cm³/mol. The quantitative estimate of drug-likeness (QED) is 0.376. The van der Waals surface area contributed by atoms with Crippen molar-refractivity contribution in [3.05, 3.63) is 96.7 Å². The first kappa shape index (κ1) is 16.1. The Bertz CT molecular complexity index is 1180. The van der Waals surface area contributed by atoms with Crippen molar-refractivity contribution < 1.29 is 4.74 Å². The van der Waals surface area contributed by atoms with E-state index in [1.807, 2.05) is 72.8 Å². The van der Waals surface area contributed by atoms with Gasteiger partial charge in [0.25, 0.3) is 0 Å². The zero-order valence-electron chi connectivity index (χ0n) is 14.9. The zero-order chi connectivity index (χ0) is 18.9. The van der Waals surface area contributed by atoms with Gasteiger partial charge in [-0.05, 0) is 42.5 Å². The highest BCUT2D eigenvalue weighted by Gasteiger charge is 2.27. The topological polar surface area (TPSA) is 49.2 Å². The first-order valence-corrected chi connectivity index (χ1v) is 8.97. The summed E-state index contributed by atoms with van der Waals surface area (Å²) in [5.74, 6) is 1.58. The third kappa shape index (κ3) is 2.50. The highest BCUT2D eigenvalue weighted by atomic mass is 16.5. The van der Waals surface area contributed by atoms with Crippen LogP contribution in [-0.2, 0) is 0 Å². The maximum Gasteiger partial charge on any atom is 0.151 e. The van der Waals surface area contributed by atoms with Crippen molar-refractivity contribution in [1.82, 2.24) is 4.98 Å². The molecule has 4 nitrogen and oxygen atoms in total. The Balaban J connectivity index is 1.79. The van der Waals surface area contributed by atoms with E-state index in [0.717, 1.165) is 34.1 Å². The normalized spacial score (nSPS) is 11.8. The zero-order valence-corrected chi connectivity index (χ0v) is 14.9. The molecule has 0 spiro atoms. The van der Waals surface area contributed by atoms with Crippen molar-refractivity contribution in [1.29, 1.82) is 5.26 Å². The van der Waals surface area contributed by atoms with Crippen LogP contribution in [0.5, 0.6) is 11.5 Å². The number of rotatable bonds is 2. The lowest BCUT2D eigenvalue weighted by Crippen LogP contribution is -2.16. The van der Waals surface area contributed by atoms with Gasteiger partial charge in [-0.1, -0.05) is 42.5 Å². The van der Waals surface area contributed by atoms with Gasteiger partial charge in [0.2, 0.25) is 0 Å². The Hall–Kier alpha value is -4.10. The molecule has 0 saturated carbocycles. The minimum absolute atomic E-state index is 0.546. The molecule has 0 amide bonds. The minimum atomic E-state index is 0.546. The molecule has 2 heterocycles. The Morgan fingerprint density at radius 2 is 1.32 bits per heavy atom. The van der Waals surface area contributed by atoms with Crippen molar-refractivity contribution >= 4 is 17.1 Å². The van der Waals surface area contributed by atoms with Crippen molar-refractivity contribution in [2.24, 2.45) is 0 Å². The summed E-state index contributed by atoms with van der Waals surface area (Å²) in [4.78, 5) is 6.67. The van der Waals surface area contributed by atoms with Gasteiger partial charge < -0.3 is 9.64 Å². The van der Waals surface area contributed by atoms with Crippen LogP contribution in [0.25, 0.3) is 11.3 Å². The fourth-order valence-electron chi connectivity index (χ4n) is 3.54. The SMILES string of the molecule is N#Cc1cccnc1-c1ccccc1N1c2ccccc2Oc2ccccc21. The van der Waals surface area contributed by atoms with Gasteiger partial charge in [-0.3, -0.25) is 4.98 Å². The van der Waals surface area contributed by atoms with E-state index in [-0.39, 0.29) is 0 Å². The smallest absolute Gasteiger partial charge is 0.151 e. The molecule has 1 aliphatic rings. The van der Waals surface area contributed by atoms with Crippen molar-refractivity contribution in [2.75, 3.05) is 4.90 Å². The van der Waals surface area contributed by atoms with E-state index in [0.29, 0.717) is 11.3 Å². The Kier molecular flexibility index (Phi) is 3.78. The van der Waals surface area contributed by atoms with Crippen LogP contribution in [0.15, 0.2) is 91.1 Å². The molecule has 0 saturated heterocycles. The lowest BCUT2D eigenvalue weighted by atomic mass is 10.0. The maximum absolute atomic E-state index is 9.57. The predicted octanol–water partition coefficient (Wildman–Crippen LogP) is 6.20. The summed E-state index contributed by atoms with van der Waals surface area (Å²) < 4.78 is 6.11. The van der Waals surface area contributed by atoms with Crippen LogP contribution >= 0.6 is 0 Å². The summed E-state index contributed by atoms with van der Waals surface area (Å²) in [5, 5.41) is 9.57. The van der Waals surface area contributed by atoms with Crippen LogP contribution in [0.2, 0.25) is 0 Å². The number of nitriles is 1. The Morgan fingerprint density at radius 1 is 0.714 bits per heavy atom. The first-order valence-electron chi connectivity index (χ1n) is 8.97. The number of hydrogen-bond acceptors (Lipinski definition) is 4. The van der Waals surface area contributed by atoms with Gasteiger partial charge in [-0.25, -0.2) is 0 Å². The summed E-state index contributed by atoms with van der Waals surface area (Å²) in [6, 6.07) is 29.7. The maximum atomic E-state index is 9.57. The number of benzene rings is 3. The van der Waals surface area contributed by atoms with Crippen LogP contribution in [0.1, 0.15) is 5.56 Å². The molecule has 0 aliphatic carbocycles. The summed E-state index contributed by atoms with van der Waals surface area (Å²) in [6.45, 7) is 0. The summed E-state index contributed by atoms with van der Waals surface area (Å²) in [6.07, 6.45) is 1.72. The summed E-state index contributed by atoms with van der Waals surface area (Å²) in [5.41, 5.74) is 4.95. The minimum Gasteiger partial charge on any atom is -0.453 e. The largest absolute Gasteiger partial charge is 0.453 e. The van der Waals surface area contributed by atoms with Crippen molar-refractivity contribution in [3.8, 4) is 28.8 Å². The van der Waals surface area contributed by atoms with Gasteiger partial charge in [0.15, 0.2) is 11.5 Å². The van der Waals surface area contributed by atoms with Crippen LogP contribution < -0.4 is 9.64 Å². The Labute approximate surface area is 162 Å². The van der Waals surface area contributed by atoms with Gasteiger partial charge in [0.05, 0.1) is 28.3 Å².